The fourth-order valence-electron chi connectivity index (χ4n) is 1.65. The lowest BCUT2D eigenvalue weighted by Gasteiger charge is -2.11. The minimum atomic E-state index is 0.00462. The normalized spacial score (nSPS) is 12.7. The molecule has 0 saturated heterocycles. The average Bonchev–Trinajstić information content (AvgIpc) is 2.69. The van der Waals surface area contributed by atoms with Crippen molar-refractivity contribution in [2.24, 2.45) is 5.73 Å². The molecule has 0 radical (unpaired) electrons. The third-order valence-corrected chi connectivity index (χ3v) is 3.28. The van der Waals surface area contributed by atoms with Crippen molar-refractivity contribution in [2.45, 2.75) is 19.5 Å². The molecule has 0 saturated carbocycles. The number of aromatic nitrogens is 2. The van der Waals surface area contributed by atoms with E-state index in [0.29, 0.717) is 0 Å². The molecule has 2 aromatic rings. The van der Waals surface area contributed by atoms with E-state index >= 15 is 0 Å². The summed E-state index contributed by atoms with van der Waals surface area (Å²) in [6, 6.07) is 8.17. The molecule has 1 unspecified atom stereocenters. The SMILES string of the molecule is CC(N)c1cncn1Cc1ccccc1Br. The van der Waals surface area contributed by atoms with Gasteiger partial charge >= 0.3 is 0 Å². The Balaban J connectivity index is 2.27. The van der Waals surface area contributed by atoms with Crippen LogP contribution in [0.25, 0.3) is 0 Å². The van der Waals surface area contributed by atoms with Crippen LogP contribution in [0.3, 0.4) is 0 Å². The molecule has 2 rings (SSSR count). The number of benzene rings is 1. The van der Waals surface area contributed by atoms with E-state index in [0.717, 1.165) is 16.7 Å². The van der Waals surface area contributed by atoms with Crippen LogP contribution in [0.1, 0.15) is 24.2 Å². The highest BCUT2D eigenvalue weighted by Crippen LogP contribution is 2.18. The molecule has 0 fully saturated rings. The summed E-state index contributed by atoms with van der Waals surface area (Å²) in [6.45, 7) is 2.76. The zero-order valence-electron chi connectivity index (χ0n) is 9.10. The van der Waals surface area contributed by atoms with E-state index in [4.69, 9.17) is 5.73 Å². The smallest absolute Gasteiger partial charge is 0.0951 e. The zero-order valence-corrected chi connectivity index (χ0v) is 10.7. The number of imidazole rings is 1. The second kappa shape index (κ2) is 4.80. The van der Waals surface area contributed by atoms with Gasteiger partial charge in [-0.05, 0) is 18.6 Å². The fraction of sp³-hybridized carbons (Fsp3) is 0.250. The lowest BCUT2D eigenvalue weighted by Crippen LogP contribution is -2.12. The molecule has 1 aromatic carbocycles. The van der Waals surface area contributed by atoms with Gasteiger partial charge in [0.15, 0.2) is 0 Å². The number of halogens is 1. The standard InChI is InChI=1S/C12H14BrN3/c1-9(14)12-6-15-8-16(12)7-10-4-2-3-5-11(10)13/h2-6,8-9H,7,14H2,1H3. The molecule has 4 heteroatoms. The molecule has 1 heterocycles. The monoisotopic (exact) mass is 279 g/mol. The minimum absolute atomic E-state index is 0.00462. The van der Waals surface area contributed by atoms with E-state index in [1.54, 1.807) is 0 Å². The summed E-state index contributed by atoms with van der Waals surface area (Å²) >= 11 is 3.54. The highest BCUT2D eigenvalue weighted by molar-refractivity contribution is 9.10. The Morgan fingerprint density at radius 1 is 1.44 bits per heavy atom. The van der Waals surface area contributed by atoms with Crippen LogP contribution >= 0.6 is 15.9 Å². The lowest BCUT2D eigenvalue weighted by atomic mass is 10.2. The first-order chi connectivity index (χ1) is 7.68. The Labute approximate surface area is 103 Å². The van der Waals surface area contributed by atoms with Crippen molar-refractivity contribution in [2.75, 3.05) is 0 Å². The average molecular weight is 280 g/mol. The second-order valence-corrected chi connectivity index (χ2v) is 4.68. The highest BCUT2D eigenvalue weighted by atomic mass is 79.9. The molecule has 16 heavy (non-hydrogen) atoms. The topological polar surface area (TPSA) is 43.8 Å². The second-order valence-electron chi connectivity index (χ2n) is 3.83. The summed E-state index contributed by atoms with van der Waals surface area (Å²) in [5.41, 5.74) is 8.15. The molecule has 0 aliphatic carbocycles. The molecule has 1 atom stereocenters. The van der Waals surface area contributed by atoms with Crippen molar-refractivity contribution in [1.82, 2.24) is 9.55 Å². The summed E-state index contributed by atoms with van der Waals surface area (Å²) in [4.78, 5) is 4.14. The number of hydrogen-bond acceptors (Lipinski definition) is 2. The van der Waals surface area contributed by atoms with Gasteiger partial charge in [-0.3, -0.25) is 0 Å². The first kappa shape index (κ1) is 11.4. The molecule has 2 N–H and O–H groups in total. The first-order valence-corrected chi connectivity index (χ1v) is 5.97. The van der Waals surface area contributed by atoms with Gasteiger partial charge < -0.3 is 10.3 Å². The Hall–Kier alpha value is -1.13. The fourth-order valence-corrected chi connectivity index (χ4v) is 2.06. The molecule has 0 bridgehead atoms. The number of nitrogens with zero attached hydrogens (tertiary/aromatic N) is 2. The van der Waals surface area contributed by atoms with Gasteiger partial charge in [-0.25, -0.2) is 4.98 Å². The molecule has 0 aliphatic heterocycles. The molecule has 0 amide bonds. The van der Waals surface area contributed by atoms with Crippen molar-refractivity contribution in [3.8, 4) is 0 Å². The number of hydrogen-bond donors (Lipinski definition) is 1. The van der Waals surface area contributed by atoms with Gasteiger partial charge in [0.25, 0.3) is 0 Å². The summed E-state index contributed by atoms with van der Waals surface area (Å²) < 4.78 is 3.18. The van der Waals surface area contributed by atoms with Crippen LogP contribution in [0.2, 0.25) is 0 Å². The van der Waals surface area contributed by atoms with E-state index in [-0.39, 0.29) is 6.04 Å². The Morgan fingerprint density at radius 2 is 2.19 bits per heavy atom. The number of nitrogens with two attached hydrogens (primary N) is 1. The van der Waals surface area contributed by atoms with Crippen molar-refractivity contribution >= 4 is 15.9 Å². The predicted molar refractivity (Wildman–Crippen MR) is 68.1 cm³/mol. The summed E-state index contributed by atoms with van der Waals surface area (Å²) in [5, 5.41) is 0. The third kappa shape index (κ3) is 2.33. The van der Waals surface area contributed by atoms with Crippen molar-refractivity contribution in [3.05, 3.63) is 52.5 Å². The van der Waals surface area contributed by atoms with Crippen LogP contribution in [-0.2, 0) is 6.54 Å². The van der Waals surface area contributed by atoms with Gasteiger partial charge in [-0.1, -0.05) is 34.1 Å². The molecule has 0 spiro atoms. The van der Waals surface area contributed by atoms with E-state index in [9.17, 15) is 0 Å². The maximum Gasteiger partial charge on any atom is 0.0951 e. The van der Waals surface area contributed by atoms with E-state index < -0.39 is 0 Å². The van der Waals surface area contributed by atoms with Crippen LogP contribution < -0.4 is 5.73 Å². The lowest BCUT2D eigenvalue weighted by molar-refractivity contribution is 0.673. The summed E-state index contributed by atoms with van der Waals surface area (Å²) in [6.07, 6.45) is 3.64. The Bertz CT molecular complexity index is 477. The van der Waals surface area contributed by atoms with E-state index in [1.807, 2.05) is 37.6 Å². The maximum atomic E-state index is 5.88. The van der Waals surface area contributed by atoms with Crippen LogP contribution in [0.5, 0.6) is 0 Å². The van der Waals surface area contributed by atoms with Gasteiger partial charge in [0, 0.05) is 23.3 Å². The van der Waals surface area contributed by atoms with Crippen LogP contribution in [0.4, 0.5) is 0 Å². The van der Waals surface area contributed by atoms with E-state index in [2.05, 4.69) is 31.5 Å². The molecule has 3 nitrogen and oxygen atoms in total. The van der Waals surface area contributed by atoms with E-state index in [1.165, 1.54) is 5.56 Å². The van der Waals surface area contributed by atoms with Crippen LogP contribution in [-0.4, -0.2) is 9.55 Å². The van der Waals surface area contributed by atoms with Gasteiger partial charge in [0.05, 0.1) is 12.0 Å². The maximum absolute atomic E-state index is 5.88. The minimum Gasteiger partial charge on any atom is -0.329 e. The molecular formula is C12H14BrN3. The van der Waals surface area contributed by atoms with Crippen LogP contribution in [0.15, 0.2) is 41.3 Å². The van der Waals surface area contributed by atoms with Crippen molar-refractivity contribution < 1.29 is 0 Å². The number of rotatable bonds is 3. The first-order valence-electron chi connectivity index (χ1n) is 5.17. The Kier molecular flexibility index (Phi) is 3.41. The molecule has 0 aliphatic rings. The van der Waals surface area contributed by atoms with Crippen molar-refractivity contribution in [1.29, 1.82) is 0 Å². The largest absolute Gasteiger partial charge is 0.329 e. The van der Waals surface area contributed by atoms with Gasteiger partial charge in [0.2, 0.25) is 0 Å². The zero-order chi connectivity index (χ0) is 11.5. The summed E-state index contributed by atoms with van der Waals surface area (Å²) in [7, 11) is 0. The molecule has 1 aromatic heterocycles. The third-order valence-electron chi connectivity index (χ3n) is 2.51. The highest BCUT2D eigenvalue weighted by Gasteiger charge is 2.07. The Morgan fingerprint density at radius 3 is 2.88 bits per heavy atom. The molecular weight excluding hydrogens is 266 g/mol. The predicted octanol–water partition coefficient (Wildman–Crippen LogP) is 2.71. The summed E-state index contributed by atoms with van der Waals surface area (Å²) in [5.74, 6) is 0. The van der Waals surface area contributed by atoms with Crippen molar-refractivity contribution in [3.63, 3.8) is 0 Å². The quantitative estimate of drug-likeness (QED) is 0.939. The van der Waals surface area contributed by atoms with Gasteiger partial charge in [-0.2, -0.15) is 0 Å². The van der Waals surface area contributed by atoms with Crippen LogP contribution in [0, 0.1) is 0 Å². The molecule has 84 valence electrons. The van der Waals surface area contributed by atoms with Gasteiger partial charge in [-0.15, -0.1) is 0 Å². The van der Waals surface area contributed by atoms with Gasteiger partial charge in [0.1, 0.15) is 0 Å².